The Kier molecular flexibility index (Phi) is 11.4. The summed E-state index contributed by atoms with van der Waals surface area (Å²) >= 11 is 0. The summed E-state index contributed by atoms with van der Waals surface area (Å²) in [6, 6.07) is 35.7. The largest absolute Gasteiger partial charge is 0.491 e. The summed E-state index contributed by atoms with van der Waals surface area (Å²) in [5.41, 5.74) is 9.46. The van der Waals surface area contributed by atoms with Crippen molar-refractivity contribution in [2.75, 3.05) is 39.6 Å². The lowest BCUT2D eigenvalue weighted by Gasteiger charge is -2.28. The van der Waals surface area contributed by atoms with E-state index >= 15 is 0 Å². The van der Waals surface area contributed by atoms with E-state index in [0.29, 0.717) is 43.0 Å². The fourth-order valence-electron chi connectivity index (χ4n) is 8.55. The van der Waals surface area contributed by atoms with Gasteiger partial charge in [-0.05, 0) is 127 Å². The molecule has 4 unspecified atom stereocenters. The van der Waals surface area contributed by atoms with Gasteiger partial charge in [0.2, 0.25) is 0 Å². The van der Waals surface area contributed by atoms with Crippen molar-refractivity contribution in [2.24, 2.45) is 5.92 Å². The fourth-order valence-corrected chi connectivity index (χ4v) is 8.55. The molecule has 0 bridgehead atoms. The number of ether oxygens (including phenoxy) is 6. The molecule has 4 saturated heterocycles. The van der Waals surface area contributed by atoms with Gasteiger partial charge in [-0.15, -0.1) is 0 Å². The molecule has 0 amide bonds. The van der Waals surface area contributed by atoms with Crippen molar-refractivity contribution in [1.29, 1.82) is 0 Å². The second-order valence-corrected chi connectivity index (χ2v) is 16.6. The Hall–Kier alpha value is -3.52. The van der Waals surface area contributed by atoms with Crippen molar-refractivity contribution < 1.29 is 28.4 Å². The van der Waals surface area contributed by atoms with E-state index in [-0.39, 0.29) is 0 Å². The number of hydrogen-bond acceptors (Lipinski definition) is 6. The summed E-state index contributed by atoms with van der Waals surface area (Å²) < 4.78 is 32.8. The highest BCUT2D eigenvalue weighted by atomic mass is 16.6. The second kappa shape index (κ2) is 17.1. The van der Waals surface area contributed by atoms with E-state index in [1.807, 2.05) is 12.1 Å². The van der Waals surface area contributed by atoms with E-state index in [2.05, 4.69) is 84.9 Å². The molecule has 4 aromatic carbocycles. The van der Waals surface area contributed by atoms with E-state index in [1.54, 1.807) is 0 Å². The summed E-state index contributed by atoms with van der Waals surface area (Å²) in [6.07, 6.45) is 14.7. The summed E-state index contributed by atoms with van der Waals surface area (Å²) in [6.45, 7) is 5.08. The summed E-state index contributed by atoms with van der Waals surface area (Å²) in [5.74, 6) is 3.22. The summed E-state index contributed by atoms with van der Waals surface area (Å²) in [7, 11) is 0. The number of hydrogen-bond donors (Lipinski definition) is 0. The first-order valence-electron chi connectivity index (χ1n) is 20.8. The number of benzene rings is 4. The SMILES string of the molecule is c1cc(-c2ccc(C3CCC(CC4CO4)CC3)cc2)ccc1CC1CO1.c1cc(-c2ccc(C3CCC(OCC4CO4)CC3)cc2)ccc1OCC1CO1. The van der Waals surface area contributed by atoms with Gasteiger partial charge in [0, 0.05) is 6.42 Å². The smallest absolute Gasteiger partial charge is 0.119 e. The van der Waals surface area contributed by atoms with Crippen LogP contribution in [0.25, 0.3) is 22.3 Å². The third-order valence-electron chi connectivity index (χ3n) is 12.4. The molecule has 0 radical (unpaired) electrons. The third kappa shape index (κ3) is 10.4. The molecule has 4 aliphatic heterocycles. The normalized spacial score (nSPS) is 29.4. The fraction of sp³-hybridized carbons (Fsp3) is 0.500. The van der Waals surface area contributed by atoms with Gasteiger partial charge in [-0.3, -0.25) is 0 Å². The Balaban J connectivity index is 0.000000143. The zero-order chi connectivity index (χ0) is 36.1. The molecule has 0 N–H and O–H groups in total. The molecule has 6 nitrogen and oxygen atoms in total. The van der Waals surface area contributed by atoms with E-state index in [1.165, 1.54) is 83.9 Å². The average molecular weight is 729 g/mol. The van der Waals surface area contributed by atoms with Crippen LogP contribution in [0.15, 0.2) is 97.1 Å². The maximum atomic E-state index is 5.97. The zero-order valence-corrected chi connectivity index (χ0v) is 31.6. The highest BCUT2D eigenvalue weighted by Crippen LogP contribution is 2.40. The molecular formula is C48H56O6. The molecule has 0 spiro atoms. The lowest BCUT2D eigenvalue weighted by molar-refractivity contribution is 0.0165. The van der Waals surface area contributed by atoms with Crippen LogP contribution in [0.3, 0.4) is 0 Å². The molecule has 2 saturated carbocycles. The van der Waals surface area contributed by atoms with Gasteiger partial charge in [0.15, 0.2) is 0 Å². The first kappa shape index (κ1) is 36.1. The maximum absolute atomic E-state index is 5.97. The van der Waals surface area contributed by atoms with Crippen molar-refractivity contribution >= 4 is 0 Å². The van der Waals surface area contributed by atoms with Crippen molar-refractivity contribution in [3.63, 3.8) is 0 Å². The quantitative estimate of drug-likeness (QED) is 0.121. The Labute approximate surface area is 321 Å². The van der Waals surface area contributed by atoms with Gasteiger partial charge in [-0.2, -0.15) is 0 Å². The van der Waals surface area contributed by atoms with Gasteiger partial charge in [0.05, 0.1) is 51.3 Å². The molecule has 284 valence electrons. The first-order valence-corrected chi connectivity index (χ1v) is 20.8. The molecule has 6 aliphatic rings. The van der Waals surface area contributed by atoms with Crippen molar-refractivity contribution in [2.45, 2.75) is 107 Å². The van der Waals surface area contributed by atoms with Gasteiger partial charge in [0.1, 0.15) is 24.6 Å². The summed E-state index contributed by atoms with van der Waals surface area (Å²) in [4.78, 5) is 0. The van der Waals surface area contributed by atoms with E-state index in [4.69, 9.17) is 28.4 Å². The lowest BCUT2D eigenvalue weighted by atomic mass is 9.77. The van der Waals surface area contributed by atoms with Crippen LogP contribution in [0.5, 0.6) is 5.75 Å². The monoisotopic (exact) mass is 728 g/mol. The van der Waals surface area contributed by atoms with Crippen LogP contribution >= 0.6 is 0 Å². The van der Waals surface area contributed by atoms with Gasteiger partial charge in [-0.1, -0.05) is 84.9 Å². The highest BCUT2D eigenvalue weighted by Gasteiger charge is 2.30. The number of rotatable bonds is 14. The molecule has 54 heavy (non-hydrogen) atoms. The molecule has 4 heterocycles. The van der Waals surface area contributed by atoms with Crippen molar-refractivity contribution in [1.82, 2.24) is 0 Å². The zero-order valence-electron chi connectivity index (χ0n) is 31.6. The van der Waals surface area contributed by atoms with Crippen LogP contribution in [0.4, 0.5) is 0 Å². The molecule has 2 aliphatic carbocycles. The molecule has 6 fully saturated rings. The van der Waals surface area contributed by atoms with Crippen LogP contribution < -0.4 is 4.74 Å². The van der Waals surface area contributed by atoms with Gasteiger partial charge < -0.3 is 28.4 Å². The molecule has 4 atom stereocenters. The maximum Gasteiger partial charge on any atom is 0.119 e. The Morgan fingerprint density at radius 1 is 0.444 bits per heavy atom. The van der Waals surface area contributed by atoms with Gasteiger partial charge in [0.25, 0.3) is 0 Å². The minimum Gasteiger partial charge on any atom is -0.491 e. The molecule has 4 aromatic rings. The summed E-state index contributed by atoms with van der Waals surface area (Å²) in [5, 5.41) is 0. The Bertz CT molecular complexity index is 1740. The van der Waals surface area contributed by atoms with Gasteiger partial charge >= 0.3 is 0 Å². The Morgan fingerprint density at radius 3 is 1.39 bits per heavy atom. The molecular weight excluding hydrogens is 673 g/mol. The van der Waals surface area contributed by atoms with Crippen molar-refractivity contribution in [3.05, 3.63) is 114 Å². The third-order valence-corrected chi connectivity index (χ3v) is 12.4. The van der Waals surface area contributed by atoms with Crippen LogP contribution in [-0.4, -0.2) is 70.2 Å². The predicted octanol–water partition coefficient (Wildman–Crippen LogP) is 9.93. The van der Waals surface area contributed by atoms with Crippen LogP contribution in [0.2, 0.25) is 0 Å². The van der Waals surface area contributed by atoms with E-state index in [9.17, 15) is 0 Å². The first-order chi connectivity index (χ1) is 26.7. The van der Waals surface area contributed by atoms with E-state index < -0.39 is 0 Å². The molecule has 0 aromatic heterocycles. The van der Waals surface area contributed by atoms with Crippen LogP contribution in [-0.2, 0) is 30.1 Å². The minimum atomic E-state index is 0.293. The average Bonchev–Trinajstić information content (AvgIpc) is 4.01. The molecule has 10 rings (SSSR count). The van der Waals surface area contributed by atoms with Crippen molar-refractivity contribution in [3.8, 4) is 28.0 Å². The molecule has 6 heteroatoms. The topological polar surface area (TPSA) is 68.6 Å². The lowest BCUT2D eigenvalue weighted by Crippen LogP contribution is -2.22. The number of epoxide rings is 4. The van der Waals surface area contributed by atoms with Crippen LogP contribution in [0, 0.1) is 5.92 Å². The second-order valence-electron chi connectivity index (χ2n) is 16.6. The standard InChI is InChI=1S/C24H28O4.C24H28O2/c1-2-18(20-7-11-22(12-8-20)26-14-24-16-28-24)4-3-17(1)19-5-9-21(10-6-19)25-13-23-15-27-23;1-5-19(6-2-17(1)13-23-15-25-23)21-9-11-22(12-10-21)20-7-3-18(4-8-20)14-24-16-26-24/h1-6,9-10,20,22-24H,7-8,11-16H2;1-2,5-6,9-12,18,20,23-24H,3-4,7-8,13-16H2. The minimum absolute atomic E-state index is 0.293. The predicted molar refractivity (Wildman–Crippen MR) is 212 cm³/mol. The van der Waals surface area contributed by atoms with Crippen LogP contribution in [0.1, 0.15) is 86.3 Å². The van der Waals surface area contributed by atoms with E-state index in [0.717, 1.165) is 69.9 Å². The van der Waals surface area contributed by atoms with Gasteiger partial charge in [-0.25, -0.2) is 0 Å². The Morgan fingerprint density at radius 2 is 0.889 bits per heavy atom. The highest BCUT2D eigenvalue weighted by molar-refractivity contribution is 5.65.